The number of pyridine rings is 1. The highest BCUT2D eigenvalue weighted by Crippen LogP contribution is 2.27. The zero-order valence-corrected chi connectivity index (χ0v) is 16.6. The Morgan fingerprint density at radius 3 is 2.81 bits per heavy atom. The minimum Gasteiger partial charge on any atom is -0.381 e. The molecule has 1 amide bonds. The minimum atomic E-state index is -0.247. The summed E-state index contributed by atoms with van der Waals surface area (Å²) in [5.41, 5.74) is 1.91. The fourth-order valence-corrected chi connectivity index (χ4v) is 3.80. The maximum Gasteiger partial charge on any atom is 0.230 e. The van der Waals surface area contributed by atoms with Crippen molar-refractivity contribution in [1.82, 2.24) is 9.88 Å². The minimum absolute atomic E-state index is 0.171. The van der Waals surface area contributed by atoms with Crippen LogP contribution in [0.15, 0.2) is 48.7 Å². The molecule has 2 unspecified atom stereocenters. The molecule has 0 radical (unpaired) electrons. The molecule has 4 nitrogen and oxygen atoms in total. The molecular weight excluding hydrogens is 360 g/mol. The lowest BCUT2D eigenvalue weighted by Gasteiger charge is -2.35. The van der Waals surface area contributed by atoms with Crippen LogP contribution in [0.4, 0.5) is 0 Å². The van der Waals surface area contributed by atoms with Gasteiger partial charge in [-0.3, -0.25) is 9.78 Å². The summed E-state index contributed by atoms with van der Waals surface area (Å²) in [6.45, 7) is 5.04. The molecule has 2 heterocycles. The normalized spacial score (nSPS) is 18.3. The lowest BCUT2D eigenvalue weighted by molar-refractivity contribution is -0.135. The molecule has 0 N–H and O–H groups in total. The van der Waals surface area contributed by atoms with E-state index in [9.17, 15) is 4.79 Å². The molecule has 2 aromatic rings. The second kappa shape index (κ2) is 9.86. The molecule has 0 aliphatic carbocycles. The Morgan fingerprint density at radius 1 is 1.30 bits per heavy atom. The summed E-state index contributed by atoms with van der Waals surface area (Å²) in [5.74, 6) is 0.343. The van der Waals surface area contributed by atoms with Gasteiger partial charge in [0.15, 0.2) is 0 Å². The molecule has 27 heavy (non-hydrogen) atoms. The third kappa shape index (κ3) is 5.53. The van der Waals surface area contributed by atoms with Gasteiger partial charge in [0.05, 0.1) is 12.5 Å². The lowest BCUT2D eigenvalue weighted by Crippen LogP contribution is -2.44. The quantitative estimate of drug-likeness (QED) is 0.711. The van der Waals surface area contributed by atoms with Crippen LogP contribution < -0.4 is 0 Å². The summed E-state index contributed by atoms with van der Waals surface area (Å²) in [6, 6.07) is 13.4. The number of piperidine rings is 1. The number of aromatic nitrogens is 1. The zero-order chi connectivity index (χ0) is 19.1. The fraction of sp³-hybridized carbons (Fsp3) is 0.455. The van der Waals surface area contributed by atoms with Crippen molar-refractivity contribution >= 4 is 17.5 Å². The van der Waals surface area contributed by atoms with Gasteiger partial charge in [0.25, 0.3) is 0 Å². The van der Waals surface area contributed by atoms with E-state index in [1.54, 1.807) is 6.20 Å². The largest absolute Gasteiger partial charge is 0.381 e. The molecule has 2 atom stereocenters. The van der Waals surface area contributed by atoms with Gasteiger partial charge in [-0.15, -0.1) is 0 Å². The molecule has 1 aromatic heterocycles. The molecule has 3 rings (SSSR count). The summed E-state index contributed by atoms with van der Waals surface area (Å²) in [7, 11) is 0. The molecule has 1 fully saturated rings. The smallest absolute Gasteiger partial charge is 0.230 e. The molecule has 5 heteroatoms. The number of amides is 1. The Bertz CT molecular complexity index is 721. The van der Waals surface area contributed by atoms with Crippen molar-refractivity contribution in [2.75, 3.05) is 26.3 Å². The van der Waals surface area contributed by atoms with Crippen LogP contribution in [0.1, 0.15) is 36.9 Å². The van der Waals surface area contributed by atoms with E-state index >= 15 is 0 Å². The Morgan fingerprint density at radius 2 is 2.11 bits per heavy atom. The van der Waals surface area contributed by atoms with Crippen molar-refractivity contribution in [2.24, 2.45) is 5.92 Å². The van der Waals surface area contributed by atoms with Gasteiger partial charge in [0.1, 0.15) is 0 Å². The third-order valence-electron chi connectivity index (χ3n) is 5.10. The van der Waals surface area contributed by atoms with Gasteiger partial charge in [-0.1, -0.05) is 29.8 Å². The fourth-order valence-electron chi connectivity index (χ4n) is 3.68. The first-order valence-electron chi connectivity index (χ1n) is 9.69. The molecule has 0 bridgehead atoms. The van der Waals surface area contributed by atoms with Gasteiger partial charge in [0, 0.05) is 43.0 Å². The summed E-state index contributed by atoms with van der Waals surface area (Å²) in [6.07, 6.45) is 4.52. The summed E-state index contributed by atoms with van der Waals surface area (Å²) >= 11 is 6.05. The Hall–Kier alpha value is -1.91. The van der Waals surface area contributed by atoms with Crippen LogP contribution in [-0.2, 0) is 16.0 Å². The van der Waals surface area contributed by atoms with E-state index in [0.29, 0.717) is 17.4 Å². The van der Waals surface area contributed by atoms with Crippen LogP contribution >= 0.6 is 11.6 Å². The number of likely N-dealkylation sites (tertiary alicyclic amines) is 1. The molecule has 1 aliphatic rings. The maximum absolute atomic E-state index is 13.4. The van der Waals surface area contributed by atoms with Gasteiger partial charge >= 0.3 is 0 Å². The highest BCUT2D eigenvalue weighted by molar-refractivity contribution is 6.30. The monoisotopic (exact) mass is 386 g/mol. The molecule has 0 spiro atoms. The summed E-state index contributed by atoms with van der Waals surface area (Å²) < 4.78 is 5.59. The number of ether oxygens (including phenoxy) is 1. The van der Waals surface area contributed by atoms with Gasteiger partial charge < -0.3 is 9.64 Å². The van der Waals surface area contributed by atoms with Crippen LogP contribution in [-0.4, -0.2) is 42.1 Å². The SMILES string of the molecule is CCOCC1CCCN(C(=O)C(Cc2ccccn2)c2ccc(Cl)cc2)C1. The van der Waals surface area contributed by atoms with Gasteiger partial charge in [-0.25, -0.2) is 0 Å². The van der Waals surface area contributed by atoms with Crippen molar-refractivity contribution in [3.05, 3.63) is 64.9 Å². The summed E-state index contributed by atoms with van der Waals surface area (Å²) in [5, 5.41) is 0.678. The summed E-state index contributed by atoms with van der Waals surface area (Å²) in [4.78, 5) is 19.9. The maximum atomic E-state index is 13.4. The predicted octanol–water partition coefficient (Wildman–Crippen LogP) is 4.34. The number of hydrogen-bond acceptors (Lipinski definition) is 3. The first-order chi connectivity index (χ1) is 13.2. The molecule has 0 saturated carbocycles. The highest BCUT2D eigenvalue weighted by atomic mass is 35.5. The van der Waals surface area contributed by atoms with Crippen molar-refractivity contribution in [3.8, 4) is 0 Å². The number of benzene rings is 1. The van der Waals surface area contributed by atoms with E-state index in [1.807, 2.05) is 54.3 Å². The molecule has 144 valence electrons. The number of halogens is 1. The Balaban J connectivity index is 1.78. The topological polar surface area (TPSA) is 42.4 Å². The van der Waals surface area contributed by atoms with E-state index in [2.05, 4.69) is 4.98 Å². The second-order valence-electron chi connectivity index (χ2n) is 7.08. The highest BCUT2D eigenvalue weighted by Gasteiger charge is 2.30. The lowest BCUT2D eigenvalue weighted by atomic mass is 9.90. The first kappa shape index (κ1) is 19.8. The van der Waals surface area contributed by atoms with Crippen LogP contribution in [0.3, 0.4) is 0 Å². The van der Waals surface area contributed by atoms with Crippen molar-refractivity contribution in [3.63, 3.8) is 0 Å². The molecule has 1 aliphatic heterocycles. The molecular formula is C22H27ClN2O2. The average molecular weight is 387 g/mol. The van der Waals surface area contributed by atoms with E-state index in [0.717, 1.165) is 50.4 Å². The van der Waals surface area contributed by atoms with Gasteiger partial charge in [-0.2, -0.15) is 0 Å². The van der Waals surface area contributed by atoms with Gasteiger partial charge in [-0.05, 0) is 55.5 Å². The average Bonchev–Trinajstić information content (AvgIpc) is 2.72. The van der Waals surface area contributed by atoms with Crippen LogP contribution in [0, 0.1) is 5.92 Å². The van der Waals surface area contributed by atoms with Gasteiger partial charge in [0.2, 0.25) is 5.91 Å². The number of hydrogen-bond donors (Lipinski definition) is 0. The number of nitrogens with zero attached hydrogens (tertiary/aromatic N) is 2. The Labute approximate surface area is 166 Å². The molecule has 1 saturated heterocycles. The standard InChI is InChI=1S/C22H27ClN2O2/c1-2-27-16-17-6-5-13-25(15-17)22(26)21(14-20-7-3-4-12-24-20)18-8-10-19(23)11-9-18/h3-4,7-12,17,21H,2,5-6,13-16H2,1H3. The number of carbonyl (C=O) groups is 1. The molecule has 1 aromatic carbocycles. The van der Waals surface area contributed by atoms with E-state index in [-0.39, 0.29) is 11.8 Å². The van der Waals surface area contributed by atoms with Crippen LogP contribution in [0.5, 0.6) is 0 Å². The first-order valence-corrected chi connectivity index (χ1v) is 10.1. The van der Waals surface area contributed by atoms with Crippen molar-refractivity contribution in [2.45, 2.75) is 32.1 Å². The van der Waals surface area contributed by atoms with Crippen LogP contribution in [0.25, 0.3) is 0 Å². The zero-order valence-electron chi connectivity index (χ0n) is 15.8. The van der Waals surface area contributed by atoms with E-state index < -0.39 is 0 Å². The Kier molecular flexibility index (Phi) is 7.25. The number of carbonyl (C=O) groups excluding carboxylic acids is 1. The van der Waals surface area contributed by atoms with E-state index in [1.165, 1.54) is 0 Å². The number of rotatable bonds is 7. The third-order valence-corrected chi connectivity index (χ3v) is 5.35. The second-order valence-corrected chi connectivity index (χ2v) is 7.52. The van der Waals surface area contributed by atoms with Crippen LogP contribution in [0.2, 0.25) is 5.02 Å². The van der Waals surface area contributed by atoms with E-state index in [4.69, 9.17) is 16.3 Å². The predicted molar refractivity (Wildman–Crippen MR) is 108 cm³/mol. The van der Waals surface area contributed by atoms with Crippen molar-refractivity contribution < 1.29 is 9.53 Å². The van der Waals surface area contributed by atoms with Crippen molar-refractivity contribution in [1.29, 1.82) is 0 Å².